The van der Waals surface area contributed by atoms with Crippen LogP contribution in [-0.2, 0) is 10.1 Å². The first-order valence-corrected chi connectivity index (χ1v) is 13.4. The number of benzene rings is 4. The van der Waals surface area contributed by atoms with E-state index in [2.05, 4.69) is 15.5 Å². The van der Waals surface area contributed by atoms with Crippen LogP contribution in [0.1, 0.15) is 22.8 Å². The average molecular weight is 574 g/mol. The molecule has 196 valence electrons. The smallest absolute Gasteiger partial charge is 0.298 e. The molecule has 0 unspecified atom stereocenters. The molecule has 1 amide bonds. The first kappa shape index (κ1) is 27.3. The highest BCUT2D eigenvalue weighted by Crippen LogP contribution is 2.41. The third kappa shape index (κ3) is 5.58. The number of carbonyl (C=O) groups excluding carboxylic acids is 1. The Morgan fingerprint density at radius 3 is 2.50 bits per heavy atom. The lowest BCUT2D eigenvalue weighted by molar-refractivity contribution is 0.102. The normalized spacial score (nSPS) is 11.7. The second kappa shape index (κ2) is 11.0. The molecule has 0 spiro atoms. The Morgan fingerprint density at radius 2 is 1.79 bits per heavy atom. The van der Waals surface area contributed by atoms with Crippen molar-refractivity contribution in [2.75, 3.05) is 11.9 Å². The molecule has 0 atom stereocenters. The Labute approximate surface area is 228 Å². The number of aryl methyl sites for hydroxylation is 1. The van der Waals surface area contributed by atoms with Crippen molar-refractivity contribution in [3.8, 4) is 11.5 Å². The minimum atomic E-state index is -4.74. The predicted octanol–water partition coefficient (Wildman–Crippen LogP) is 7.47. The number of nitrogens with zero attached hydrogens (tertiary/aromatic N) is 2. The number of aromatic hydroxyl groups is 1. The molecule has 0 saturated heterocycles. The zero-order valence-electron chi connectivity index (χ0n) is 20.1. The van der Waals surface area contributed by atoms with Crippen LogP contribution in [0.15, 0.2) is 75.8 Å². The van der Waals surface area contributed by atoms with Gasteiger partial charge in [0.15, 0.2) is 5.75 Å². The number of phenolic OH excluding ortho intramolecular Hbond substituents is 1. The zero-order chi connectivity index (χ0) is 27.6. The maximum absolute atomic E-state index is 13.2. The number of ether oxygens (including phenoxy) is 1. The Hall–Kier alpha value is -3.70. The van der Waals surface area contributed by atoms with E-state index in [9.17, 15) is 22.9 Å². The first-order chi connectivity index (χ1) is 18.0. The number of hydrogen-bond donors (Lipinski definition) is 3. The Bertz CT molecular complexity index is 1710. The second-order valence-electron chi connectivity index (χ2n) is 8.12. The molecule has 0 heterocycles. The van der Waals surface area contributed by atoms with Crippen molar-refractivity contribution in [1.29, 1.82) is 0 Å². The number of hydrogen-bond acceptors (Lipinski definition) is 7. The summed E-state index contributed by atoms with van der Waals surface area (Å²) in [7, 11) is -4.74. The average Bonchev–Trinajstić information content (AvgIpc) is 2.84. The first-order valence-electron chi connectivity index (χ1n) is 11.2. The van der Waals surface area contributed by atoms with Crippen molar-refractivity contribution in [3.63, 3.8) is 0 Å². The number of phenols is 1. The maximum atomic E-state index is 13.2. The molecule has 3 N–H and O–H groups in total. The van der Waals surface area contributed by atoms with Crippen LogP contribution in [0.2, 0.25) is 10.0 Å². The van der Waals surface area contributed by atoms with Crippen LogP contribution >= 0.6 is 23.2 Å². The summed E-state index contributed by atoms with van der Waals surface area (Å²) >= 11 is 12.4. The number of nitrogens with one attached hydrogen (secondary N) is 1. The molecule has 0 bridgehead atoms. The van der Waals surface area contributed by atoms with E-state index in [1.807, 2.05) is 0 Å². The summed E-state index contributed by atoms with van der Waals surface area (Å²) in [4.78, 5) is 12.6. The van der Waals surface area contributed by atoms with Crippen molar-refractivity contribution >= 4 is 67.1 Å². The summed E-state index contributed by atoms with van der Waals surface area (Å²) in [5, 5.41) is 22.8. The van der Waals surface area contributed by atoms with Gasteiger partial charge in [0.1, 0.15) is 27.0 Å². The van der Waals surface area contributed by atoms with Crippen molar-refractivity contribution < 1.29 is 27.6 Å². The molecule has 0 aromatic heterocycles. The fourth-order valence-electron chi connectivity index (χ4n) is 3.80. The number of fused-ring (bicyclic) bond motifs is 1. The van der Waals surface area contributed by atoms with Gasteiger partial charge in [-0.2, -0.15) is 8.42 Å². The third-order valence-corrected chi connectivity index (χ3v) is 7.18. The molecule has 4 rings (SSSR count). The van der Waals surface area contributed by atoms with E-state index in [0.29, 0.717) is 28.7 Å². The quantitative estimate of drug-likeness (QED) is 0.155. The summed E-state index contributed by atoms with van der Waals surface area (Å²) in [5.41, 5.74) is 0.361. The number of carbonyl (C=O) groups is 1. The monoisotopic (exact) mass is 573 g/mol. The van der Waals surface area contributed by atoms with E-state index >= 15 is 0 Å². The predicted molar refractivity (Wildman–Crippen MR) is 146 cm³/mol. The third-order valence-electron chi connectivity index (χ3n) is 5.44. The van der Waals surface area contributed by atoms with E-state index in [1.54, 1.807) is 56.3 Å². The fraction of sp³-hybridized carbons (Fsp3) is 0.115. The largest absolute Gasteiger partial charge is 0.505 e. The number of rotatable bonds is 7. The molecule has 0 saturated carbocycles. The van der Waals surface area contributed by atoms with Gasteiger partial charge in [-0.15, -0.1) is 10.2 Å². The van der Waals surface area contributed by atoms with E-state index in [1.165, 1.54) is 18.2 Å². The van der Waals surface area contributed by atoms with Crippen molar-refractivity contribution in [2.24, 2.45) is 10.2 Å². The number of halogens is 2. The molecule has 4 aromatic carbocycles. The fourth-order valence-corrected chi connectivity index (χ4v) is 5.26. The molecule has 0 fully saturated rings. The summed E-state index contributed by atoms with van der Waals surface area (Å²) < 4.78 is 39.0. The topological polar surface area (TPSA) is 138 Å². The van der Waals surface area contributed by atoms with Crippen molar-refractivity contribution in [3.05, 3.63) is 81.8 Å². The lowest BCUT2D eigenvalue weighted by atomic mass is 10.0. The standard InChI is InChI=1S/C26H21Cl2N3O6S/c1-3-37-21-10-6-9-19(22(21)28)29-26(33)17-13-15-7-4-5-8-16(15)23(24(17)32)31-30-20-12-14(2)11-18(27)25(20)38(34,35)36/h4-13,32H,3H2,1-2H3,(H,29,33)(H,34,35,36). The van der Waals surface area contributed by atoms with Crippen LogP contribution in [-0.4, -0.2) is 30.6 Å². The Morgan fingerprint density at radius 1 is 1.05 bits per heavy atom. The van der Waals surface area contributed by atoms with Gasteiger partial charge in [0.05, 0.1) is 22.9 Å². The van der Waals surface area contributed by atoms with Crippen LogP contribution < -0.4 is 10.1 Å². The van der Waals surface area contributed by atoms with Crippen LogP contribution in [0, 0.1) is 6.92 Å². The molecule has 0 aliphatic carbocycles. The van der Waals surface area contributed by atoms with Crippen molar-refractivity contribution in [1.82, 2.24) is 0 Å². The summed E-state index contributed by atoms with van der Waals surface area (Å²) in [6, 6.07) is 15.9. The van der Waals surface area contributed by atoms with Gasteiger partial charge in [-0.05, 0) is 55.1 Å². The lowest BCUT2D eigenvalue weighted by Gasteiger charge is -2.13. The zero-order valence-corrected chi connectivity index (χ0v) is 22.4. The van der Waals surface area contributed by atoms with Crippen LogP contribution in [0.3, 0.4) is 0 Å². The summed E-state index contributed by atoms with van der Waals surface area (Å²) in [5.74, 6) is -0.803. The number of anilines is 1. The SMILES string of the molecule is CCOc1cccc(NC(=O)c2cc3ccccc3c(N=Nc3cc(C)cc(Cl)c3S(=O)(=O)O)c2O)c1Cl. The van der Waals surface area contributed by atoms with E-state index in [0.717, 1.165) is 0 Å². The molecule has 0 aliphatic rings. The highest BCUT2D eigenvalue weighted by atomic mass is 35.5. The van der Waals surface area contributed by atoms with Gasteiger partial charge in [0.25, 0.3) is 16.0 Å². The van der Waals surface area contributed by atoms with E-state index < -0.39 is 26.7 Å². The lowest BCUT2D eigenvalue weighted by Crippen LogP contribution is -2.13. The highest BCUT2D eigenvalue weighted by molar-refractivity contribution is 7.86. The molecular weight excluding hydrogens is 553 g/mol. The molecule has 4 aromatic rings. The van der Waals surface area contributed by atoms with Gasteiger partial charge < -0.3 is 15.2 Å². The molecule has 0 radical (unpaired) electrons. The summed E-state index contributed by atoms with van der Waals surface area (Å²) in [6.07, 6.45) is 0. The molecule has 12 heteroatoms. The molecule has 9 nitrogen and oxygen atoms in total. The molecule has 0 aliphatic heterocycles. The number of amides is 1. The van der Waals surface area contributed by atoms with Gasteiger partial charge in [-0.1, -0.05) is 53.5 Å². The minimum absolute atomic E-state index is 0.0960. The maximum Gasteiger partial charge on any atom is 0.298 e. The molecular formula is C26H21Cl2N3O6S. The second-order valence-corrected chi connectivity index (χ2v) is 10.3. The van der Waals surface area contributed by atoms with Gasteiger partial charge in [0.2, 0.25) is 0 Å². The highest BCUT2D eigenvalue weighted by Gasteiger charge is 2.23. The summed E-state index contributed by atoms with van der Waals surface area (Å²) in [6.45, 7) is 3.83. The van der Waals surface area contributed by atoms with Crippen LogP contribution in [0.5, 0.6) is 11.5 Å². The van der Waals surface area contributed by atoms with Gasteiger partial charge in [-0.25, -0.2) is 0 Å². The Kier molecular flexibility index (Phi) is 7.89. The number of azo groups is 1. The van der Waals surface area contributed by atoms with Crippen molar-refractivity contribution in [2.45, 2.75) is 18.7 Å². The van der Waals surface area contributed by atoms with E-state index in [4.69, 9.17) is 27.9 Å². The Balaban J connectivity index is 1.83. The van der Waals surface area contributed by atoms with Gasteiger partial charge in [0, 0.05) is 5.39 Å². The minimum Gasteiger partial charge on any atom is -0.505 e. The molecule has 38 heavy (non-hydrogen) atoms. The van der Waals surface area contributed by atoms with Crippen LogP contribution in [0.25, 0.3) is 10.8 Å². The van der Waals surface area contributed by atoms with Gasteiger partial charge in [-0.3, -0.25) is 9.35 Å². The van der Waals surface area contributed by atoms with E-state index in [-0.39, 0.29) is 32.7 Å². The van der Waals surface area contributed by atoms with Crippen LogP contribution in [0.4, 0.5) is 17.1 Å². The van der Waals surface area contributed by atoms with Gasteiger partial charge >= 0.3 is 0 Å².